The van der Waals surface area contributed by atoms with Gasteiger partial charge in [-0.15, -0.1) is 4.86 Å². The summed E-state index contributed by atoms with van der Waals surface area (Å²) in [5.74, 6) is 1.04. The van der Waals surface area contributed by atoms with E-state index in [4.69, 9.17) is 76.3 Å². The fraction of sp³-hybridized carbons (Fsp3) is 0. The molecule has 0 spiro atoms. The highest BCUT2D eigenvalue weighted by molar-refractivity contribution is 8.11. The molecule has 6 nitrogen and oxygen atoms in total. The summed E-state index contributed by atoms with van der Waals surface area (Å²) in [7, 11) is -4.30. The molecular formula is C24H17Cl4NO5P2S. The van der Waals surface area contributed by atoms with E-state index in [-0.39, 0.29) is 11.5 Å². The molecule has 37 heavy (non-hydrogen) atoms. The zero-order valence-electron chi connectivity index (χ0n) is 18.6. The average molecular weight is 635 g/mol. The first kappa shape index (κ1) is 28.1. The Balaban J connectivity index is 1.71. The van der Waals surface area contributed by atoms with E-state index in [2.05, 4.69) is 4.86 Å². The van der Waals surface area contributed by atoms with Gasteiger partial charge in [-0.2, -0.15) is 0 Å². The van der Waals surface area contributed by atoms with Gasteiger partial charge in [0, 0.05) is 31.9 Å². The fourth-order valence-electron chi connectivity index (χ4n) is 2.81. The van der Waals surface area contributed by atoms with Crippen LogP contribution in [-0.2, 0) is 16.4 Å². The lowest BCUT2D eigenvalue weighted by atomic mass is 10.3. The zero-order chi connectivity index (χ0) is 26.5. The van der Waals surface area contributed by atoms with Gasteiger partial charge in [-0.25, -0.2) is 4.57 Å². The molecule has 0 aromatic heterocycles. The quantitative estimate of drug-likeness (QED) is 0.174. The van der Waals surface area contributed by atoms with Gasteiger partial charge in [0.25, 0.3) is 0 Å². The minimum Gasteiger partial charge on any atom is -0.424 e. The first-order valence-corrected chi connectivity index (χ1v) is 16.1. The van der Waals surface area contributed by atoms with E-state index in [0.717, 1.165) is 0 Å². The first-order chi connectivity index (χ1) is 17.6. The molecule has 0 heterocycles. The van der Waals surface area contributed by atoms with Crippen LogP contribution in [0.25, 0.3) is 0 Å². The highest BCUT2D eigenvalue weighted by Crippen LogP contribution is 2.57. The Morgan fingerprint density at radius 1 is 0.486 bits per heavy atom. The molecule has 4 rings (SSSR count). The normalized spacial score (nSPS) is 11.6. The molecule has 0 saturated carbocycles. The molecule has 4 aromatic rings. The number of rotatable bonds is 10. The van der Waals surface area contributed by atoms with E-state index in [9.17, 15) is 4.57 Å². The molecular weight excluding hydrogens is 618 g/mol. The third-order valence-electron chi connectivity index (χ3n) is 4.40. The maximum absolute atomic E-state index is 14.2. The number of benzene rings is 4. The topological polar surface area (TPSA) is 66.0 Å². The lowest BCUT2D eigenvalue weighted by Gasteiger charge is -2.28. The van der Waals surface area contributed by atoms with Gasteiger partial charge in [-0.05, 0) is 97.1 Å². The van der Waals surface area contributed by atoms with Crippen molar-refractivity contribution >= 4 is 72.6 Å². The molecule has 1 N–H and O–H groups in total. The second-order valence-electron chi connectivity index (χ2n) is 7.28. The van der Waals surface area contributed by atoms with E-state index in [1.54, 1.807) is 72.8 Å². The largest absolute Gasteiger partial charge is 0.522 e. The number of hydrogen-bond acceptors (Lipinski definition) is 6. The zero-order valence-corrected chi connectivity index (χ0v) is 24.2. The molecule has 192 valence electrons. The van der Waals surface area contributed by atoms with Crippen LogP contribution in [0.15, 0.2) is 97.1 Å². The van der Waals surface area contributed by atoms with Gasteiger partial charge in [-0.1, -0.05) is 46.4 Å². The molecule has 0 aliphatic heterocycles. The minimum absolute atomic E-state index is 0.203. The summed E-state index contributed by atoms with van der Waals surface area (Å²) in [6.45, 7) is -3.68. The van der Waals surface area contributed by atoms with Crippen LogP contribution in [0, 0.1) is 0 Å². The molecule has 0 unspecified atom stereocenters. The minimum atomic E-state index is -4.30. The molecule has 0 bridgehead atoms. The molecule has 0 radical (unpaired) electrons. The second kappa shape index (κ2) is 12.3. The van der Waals surface area contributed by atoms with Crippen molar-refractivity contribution in [3.05, 3.63) is 117 Å². The second-order valence-corrected chi connectivity index (χ2v) is 14.0. The van der Waals surface area contributed by atoms with E-state index in [1.165, 1.54) is 24.3 Å². The van der Waals surface area contributed by atoms with Crippen molar-refractivity contribution in [3.63, 3.8) is 0 Å². The predicted molar refractivity (Wildman–Crippen MR) is 153 cm³/mol. The Morgan fingerprint density at radius 2 is 0.730 bits per heavy atom. The number of halogens is 4. The van der Waals surface area contributed by atoms with Crippen molar-refractivity contribution in [1.29, 1.82) is 0 Å². The Labute approximate surface area is 239 Å². The van der Waals surface area contributed by atoms with Crippen LogP contribution in [-0.4, -0.2) is 0 Å². The smallest absolute Gasteiger partial charge is 0.424 e. The average Bonchev–Trinajstić information content (AvgIpc) is 2.85. The van der Waals surface area contributed by atoms with Crippen LogP contribution < -0.4 is 23.0 Å². The van der Waals surface area contributed by atoms with Crippen molar-refractivity contribution in [3.8, 4) is 23.0 Å². The van der Waals surface area contributed by atoms with E-state index < -0.39 is 14.4 Å². The Bertz CT molecular complexity index is 1230. The molecule has 4 aromatic carbocycles. The van der Waals surface area contributed by atoms with Gasteiger partial charge < -0.3 is 18.1 Å². The summed E-state index contributed by atoms with van der Waals surface area (Å²) in [4.78, 5) is 2.72. The Kier molecular flexibility index (Phi) is 9.33. The van der Waals surface area contributed by atoms with Crippen LogP contribution >= 0.6 is 60.8 Å². The highest BCUT2D eigenvalue weighted by atomic mass is 35.5. The van der Waals surface area contributed by atoms with Crippen LogP contribution in [0.1, 0.15) is 0 Å². The lowest BCUT2D eigenvalue weighted by Crippen LogP contribution is -2.21. The van der Waals surface area contributed by atoms with Crippen LogP contribution in [0.5, 0.6) is 23.0 Å². The van der Waals surface area contributed by atoms with Crippen molar-refractivity contribution in [2.45, 2.75) is 0 Å². The third-order valence-corrected chi connectivity index (χ3v) is 10.4. The number of nitrogens with one attached hydrogen (secondary N) is 1. The van der Waals surface area contributed by atoms with Gasteiger partial charge >= 0.3 is 14.4 Å². The van der Waals surface area contributed by atoms with Crippen LogP contribution in [0.3, 0.4) is 0 Å². The van der Waals surface area contributed by atoms with Crippen molar-refractivity contribution < 1.29 is 22.7 Å². The predicted octanol–water partition coefficient (Wildman–Crippen LogP) is 9.84. The highest BCUT2D eigenvalue weighted by Gasteiger charge is 2.39. The van der Waals surface area contributed by atoms with Crippen LogP contribution in [0.2, 0.25) is 20.1 Å². The summed E-state index contributed by atoms with van der Waals surface area (Å²) >= 11 is 29.7. The van der Waals surface area contributed by atoms with Gasteiger partial charge in [0.1, 0.15) is 23.0 Å². The van der Waals surface area contributed by atoms with E-state index in [1.807, 2.05) is 0 Å². The number of hydrogen-bond donors (Lipinski definition) is 1. The lowest BCUT2D eigenvalue weighted by molar-refractivity contribution is 0.375. The van der Waals surface area contributed by atoms with Crippen molar-refractivity contribution in [2.75, 3.05) is 0 Å². The van der Waals surface area contributed by atoms with Gasteiger partial charge in [0.15, 0.2) is 0 Å². The maximum Gasteiger partial charge on any atom is 0.522 e. The summed E-state index contributed by atoms with van der Waals surface area (Å²) in [6.07, 6.45) is 0. The van der Waals surface area contributed by atoms with Gasteiger partial charge in [0.2, 0.25) is 0 Å². The van der Waals surface area contributed by atoms with Crippen LogP contribution in [0.4, 0.5) is 0 Å². The Morgan fingerprint density at radius 3 is 1.00 bits per heavy atom. The summed E-state index contributed by atoms with van der Waals surface area (Å²) < 4.78 is 37.8. The summed E-state index contributed by atoms with van der Waals surface area (Å²) in [5, 5.41) is 1.93. The van der Waals surface area contributed by atoms with Crippen molar-refractivity contribution in [2.24, 2.45) is 0 Å². The third kappa shape index (κ3) is 8.54. The molecule has 0 aliphatic carbocycles. The standard InChI is InChI=1S/C24H17Cl4NO5P2S/c25-17-1-9-21(10-2-17)31-35(30,32-22-11-3-18(26)4-12-22)29-36(37,33-23-13-5-19(27)6-14-23)34-24-15-7-20(28)8-16-24/h1-16H,(H,29,30,37). The monoisotopic (exact) mass is 633 g/mol. The molecule has 0 fully saturated rings. The van der Waals surface area contributed by atoms with E-state index >= 15 is 0 Å². The van der Waals surface area contributed by atoms with Gasteiger partial charge in [-0.3, -0.25) is 0 Å². The van der Waals surface area contributed by atoms with E-state index in [0.29, 0.717) is 31.6 Å². The SMILES string of the molecule is O=P(NP(=S)(Oc1ccc(Cl)cc1)Oc1ccc(Cl)cc1)(Oc1ccc(Cl)cc1)Oc1ccc(Cl)cc1. The molecule has 0 aliphatic rings. The van der Waals surface area contributed by atoms with Crippen molar-refractivity contribution in [1.82, 2.24) is 4.86 Å². The molecule has 0 saturated heterocycles. The fourth-order valence-corrected chi connectivity index (χ4v) is 8.25. The maximum atomic E-state index is 14.2. The van der Waals surface area contributed by atoms with Gasteiger partial charge in [0.05, 0.1) is 0 Å². The summed E-state index contributed by atoms with van der Waals surface area (Å²) in [6, 6.07) is 25.3. The molecule has 0 atom stereocenters. The molecule has 0 amide bonds. The first-order valence-electron chi connectivity index (χ1n) is 10.4. The summed E-state index contributed by atoms with van der Waals surface area (Å²) in [5.41, 5.74) is 0. The Hall–Kier alpha value is -1.92. The molecule has 13 heteroatoms.